The van der Waals surface area contributed by atoms with E-state index in [4.69, 9.17) is 0 Å². The second kappa shape index (κ2) is 24.5. The van der Waals surface area contributed by atoms with Crippen LogP contribution in [-0.2, 0) is 81.5 Å². The molecular weight excluding hydrogens is 401 g/mol. The van der Waals surface area contributed by atoms with Crippen molar-refractivity contribution in [3.8, 4) is 0 Å². The SMILES string of the molecule is [Ce].[Cu].[H+].[Ni].[Ti].[Zr]. The molecule has 1 radical (unpaired) electrons. The predicted molar refractivity (Wildman–Crippen MR) is 1.11 cm³/mol. The molecule has 5 heavy (non-hydrogen) atoms. The molecule has 0 aliphatic rings. The van der Waals surface area contributed by atoms with Crippen molar-refractivity contribution in [3.63, 3.8) is 0 Å². The Morgan fingerprint density at radius 1 is 1.20 bits per heavy atom. The van der Waals surface area contributed by atoms with Gasteiger partial charge in [-0.25, -0.2) is 0 Å². The van der Waals surface area contributed by atoms with E-state index in [1.54, 1.807) is 0 Å². The minimum Gasteiger partial charge on any atom is 0 e. The van der Waals surface area contributed by atoms with Crippen molar-refractivity contribution in [2.45, 2.75) is 0 Å². The van der Waals surface area contributed by atoms with Gasteiger partial charge < -0.3 is 0 Å². The van der Waals surface area contributed by atoms with E-state index >= 15 is 0 Å². The first-order valence-corrected chi connectivity index (χ1v) is 0. The van der Waals surface area contributed by atoms with Gasteiger partial charge in [0.25, 0.3) is 0 Å². The zero-order valence-corrected chi connectivity index (χ0v) is 11.2. The molecule has 0 aliphatic heterocycles. The Labute approximate surface area is 122 Å². The fourth-order valence-corrected chi connectivity index (χ4v) is 0. The Bertz CT molecular complexity index is 15.5. The zero-order chi connectivity index (χ0) is 0. The molecule has 0 rings (SSSR count). The van der Waals surface area contributed by atoms with E-state index in [1.807, 2.05) is 0 Å². The molecule has 0 fully saturated rings. The first-order valence-electron chi connectivity index (χ1n) is 0. The summed E-state index contributed by atoms with van der Waals surface area (Å²) in [7, 11) is 0. The average molecular weight is 402 g/mol. The minimum absolute atomic E-state index is 0. The quantitative estimate of drug-likeness (QED) is 0.505. The molecule has 0 N–H and O–H groups in total. The largest absolute Gasteiger partial charge is 1.00 e. The molecule has 33 valence electrons. The molecule has 0 aromatic carbocycles. The average Bonchev–Trinajstić information content (AvgIpc) is 0. The van der Waals surface area contributed by atoms with Crippen LogP contribution in [0.2, 0.25) is 0 Å². The molecule has 0 nitrogen and oxygen atoms in total. The molecule has 0 unspecified atom stereocenters. The molecule has 0 atom stereocenters. The van der Waals surface area contributed by atoms with Crippen LogP contribution in [0.15, 0.2) is 0 Å². The summed E-state index contributed by atoms with van der Waals surface area (Å²) in [5, 5.41) is 0. The van der Waals surface area contributed by atoms with Gasteiger partial charge >= 0.3 is 1.43 Å². The van der Waals surface area contributed by atoms with Crippen LogP contribution in [0.5, 0.6) is 0 Å². The summed E-state index contributed by atoms with van der Waals surface area (Å²) in [5.74, 6) is 0. The van der Waals surface area contributed by atoms with Crippen LogP contribution < -0.4 is 0 Å². The van der Waals surface area contributed by atoms with Crippen LogP contribution in [-0.4, -0.2) is 0 Å². The summed E-state index contributed by atoms with van der Waals surface area (Å²) in [4.78, 5) is 0. The van der Waals surface area contributed by atoms with E-state index in [-0.39, 0.29) is 125 Å². The third-order valence-corrected chi connectivity index (χ3v) is 0. The molecule has 0 spiro atoms. The fraction of sp³-hybridized carbons (Fsp3) is 0. The number of hydrogen-bond donors (Lipinski definition) is 0. The minimum atomic E-state index is 0. The molecule has 0 amide bonds. The zero-order valence-electron chi connectivity index (χ0n) is 3.12. The number of hydrogen-bond acceptors (Lipinski definition) is 0. The van der Waals surface area contributed by atoms with E-state index in [1.165, 1.54) is 0 Å². The van der Waals surface area contributed by atoms with Crippen molar-refractivity contribution >= 4 is 0 Å². The van der Waals surface area contributed by atoms with Gasteiger partial charge in [0.05, 0.1) is 0 Å². The van der Waals surface area contributed by atoms with Crippen LogP contribution >= 0.6 is 0 Å². The molecule has 0 saturated carbocycles. The van der Waals surface area contributed by atoms with E-state index < -0.39 is 0 Å². The van der Waals surface area contributed by atoms with Crippen molar-refractivity contribution in [1.29, 1.82) is 0 Å². The van der Waals surface area contributed by atoms with Crippen LogP contribution in [0.1, 0.15) is 1.43 Å². The summed E-state index contributed by atoms with van der Waals surface area (Å²) < 4.78 is 0. The Hall–Kier alpha value is 3.99. The first-order chi connectivity index (χ1) is 0. The molecule has 0 bridgehead atoms. The standard InChI is InChI=1S/Ce.Cu.Ni.Ti.Zr/p+1. The van der Waals surface area contributed by atoms with E-state index in [0.717, 1.165) is 0 Å². The Balaban J connectivity index is 0. The van der Waals surface area contributed by atoms with Crippen molar-refractivity contribution in [2.75, 3.05) is 0 Å². The Kier molecular flexibility index (Phi) is 177. The maximum atomic E-state index is 0. The Morgan fingerprint density at radius 3 is 1.20 bits per heavy atom. The summed E-state index contributed by atoms with van der Waals surface area (Å²) in [6.07, 6.45) is 0. The van der Waals surface area contributed by atoms with E-state index in [0.29, 0.717) is 0 Å². The van der Waals surface area contributed by atoms with Gasteiger partial charge in [0.15, 0.2) is 0 Å². The maximum absolute atomic E-state index is 0. The van der Waals surface area contributed by atoms with Gasteiger partial charge in [0.2, 0.25) is 0 Å². The van der Waals surface area contributed by atoms with Crippen molar-refractivity contribution in [1.82, 2.24) is 0 Å². The maximum Gasteiger partial charge on any atom is 1.00 e. The second-order valence-corrected chi connectivity index (χ2v) is 0. The topological polar surface area (TPSA) is 0 Å². The monoisotopic (exact) mass is 400 g/mol. The molecule has 5 heteroatoms. The molecule has 0 aromatic heterocycles. The van der Waals surface area contributed by atoms with Gasteiger partial charge in [0, 0.05) is 123 Å². The van der Waals surface area contributed by atoms with Crippen LogP contribution in [0.4, 0.5) is 0 Å². The van der Waals surface area contributed by atoms with Gasteiger partial charge in [-0.2, -0.15) is 0 Å². The van der Waals surface area contributed by atoms with Crippen molar-refractivity contribution in [3.05, 3.63) is 0 Å². The van der Waals surface area contributed by atoms with Crippen LogP contribution in [0.3, 0.4) is 0 Å². The molecule has 0 aromatic rings. The summed E-state index contributed by atoms with van der Waals surface area (Å²) in [6, 6.07) is 0. The van der Waals surface area contributed by atoms with Crippen molar-refractivity contribution in [2.24, 2.45) is 0 Å². The summed E-state index contributed by atoms with van der Waals surface area (Å²) >= 11 is 0. The Morgan fingerprint density at radius 2 is 1.20 bits per heavy atom. The third kappa shape index (κ3) is 18.0. The first kappa shape index (κ1) is 36.1. The predicted octanol–water partition coefficient (Wildman–Crippen LogP) is 0.102. The van der Waals surface area contributed by atoms with Crippen LogP contribution in [0, 0.1) is 41.7 Å². The third-order valence-electron chi connectivity index (χ3n) is 0. The van der Waals surface area contributed by atoms with E-state index in [9.17, 15) is 0 Å². The van der Waals surface area contributed by atoms with Gasteiger partial charge in [-0.15, -0.1) is 0 Å². The number of rotatable bonds is 0. The van der Waals surface area contributed by atoms with Gasteiger partial charge in [-0.1, -0.05) is 0 Å². The molecule has 0 aliphatic carbocycles. The molecule has 0 heterocycles. The van der Waals surface area contributed by atoms with Gasteiger partial charge in [-0.3, -0.25) is 0 Å². The summed E-state index contributed by atoms with van der Waals surface area (Å²) in [6.45, 7) is 0. The van der Waals surface area contributed by atoms with Gasteiger partial charge in [-0.05, 0) is 0 Å². The normalized spacial score (nSPS) is 0. The molecule has 0 saturated heterocycles. The summed E-state index contributed by atoms with van der Waals surface area (Å²) in [5.41, 5.74) is 0. The molecular formula is HCeCuNiTiZr+. The van der Waals surface area contributed by atoms with Gasteiger partial charge in [0.1, 0.15) is 0 Å². The second-order valence-electron chi connectivity index (χ2n) is 0. The van der Waals surface area contributed by atoms with E-state index in [2.05, 4.69) is 0 Å². The smallest absolute Gasteiger partial charge is 0 e. The van der Waals surface area contributed by atoms with Crippen molar-refractivity contribution < 1.29 is 125 Å². The van der Waals surface area contributed by atoms with Crippen LogP contribution in [0.25, 0.3) is 0 Å². The fourth-order valence-electron chi connectivity index (χ4n) is 0.